The van der Waals surface area contributed by atoms with Crippen molar-refractivity contribution in [3.63, 3.8) is 0 Å². The lowest BCUT2D eigenvalue weighted by atomic mass is 10.5. The molecule has 0 aromatic rings. The Labute approximate surface area is 133 Å². The van der Waals surface area contributed by atoms with Crippen LogP contribution in [0.3, 0.4) is 0 Å². The molecule has 0 bridgehead atoms. The highest BCUT2D eigenvalue weighted by Gasteiger charge is 1.85. The lowest BCUT2D eigenvalue weighted by Gasteiger charge is -1.71. The van der Waals surface area contributed by atoms with Crippen LogP contribution in [0.4, 0.5) is 8.78 Å². The van der Waals surface area contributed by atoms with Crippen molar-refractivity contribution >= 4 is 55.0 Å². The minimum atomic E-state index is -1.41. The number of rotatable bonds is 3. The summed E-state index contributed by atoms with van der Waals surface area (Å²) < 4.78 is 21.3. The summed E-state index contributed by atoms with van der Waals surface area (Å²) in [6.45, 7) is 0.697. The number of carbonyl (C=O) groups excluding carboxylic acids is 1. The molecule has 0 fully saturated rings. The van der Waals surface area contributed by atoms with Crippen molar-refractivity contribution in [1.29, 1.82) is 0 Å². The van der Waals surface area contributed by atoms with E-state index >= 15 is 0 Å². The Morgan fingerprint density at radius 1 is 1.00 bits per heavy atom. The summed E-state index contributed by atoms with van der Waals surface area (Å²) in [6, 6.07) is 0. The average Bonchev–Trinajstić information content (AvgIpc) is 2.32. The number of ketones is 1. The smallest absolute Gasteiger partial charge is 0.335 e. The van der Waals surface area contributed by atoms with Crippen LogP contribution in [-0.4, -0.2) is 41.3 Å². The van der Waals surface area contributed by atoms with Crippen molar-refractivity contribution in [2.75, 3.05) is 13.3 Å². The van der Waals surface area contributed by atoms with E-state index in [9.17, 15) is 18.4 Å². The van der Waals surface area contributed by atoms with Gasteiger partial charge in [-0.3, -0.25) is 9.59 Å². The van der Waals surface area contributed by atoms with E-state index in [0.717, 1.165) is 0 Å². The third-order valence-corrected chi connectivity index (χ3v) is 0.605. The van der Waals surface area contributed by atoms with E-state index in [1.807, 2.05) is 0 Å². The zero-order chi connectivity index (χ0) is 14.9. The number of carboxylic acids is 2. The van der Waals surface area contributed by atoms with Crippen LogP contribution >= 0.6 is 37.2 Å². The largest absolute Gasteiger partial charge is 1.00 e. The van der Waals surface area contributed by atoms with Crippen molar-refractivity contribution in [2.24, 2.45) is 0 Å². The first-order valence-electron chi connectivity index (χ1n) is 4.00. The molecular weight excluding hydrogens is 496 g/mol. The number of alkyl halides is 2. The van der Waals surface area contributed by atoms with Crippen LogP contribution in [0.15, 0.2) is 0 Å². The molecule has 0 aliphatic rings. The van der Waals surface area contributed by atoms with Gasteiger partial charge in [-0.1, -0.05) is 14.4 Å². The highest BCUT2D eigenvalue weighted by Crippen LogP contribution is 1.89. The molecule has 0 aromatic carbocycles. The van der Waals surface area contributed by atoms with Gasteiger partial charge in [0.2, 0.25) is 0 Å². The van der Waals surface area contributed by atoms with Gasteiger partial charge in [-0.25, -0.2) is 13.6 Å². The molecule has 0 saturated carbocycles. The zero-order valence-electron chi connectivity index (χ0n) is 9.63. The van der Waals surface area contributed by atoms with Gasteiger partial charge >= 0.3 is 11.9 Å². The second-order valence-corrected chi connectivity index (χ2v) is 2.11. The molecule has 0 saturated heterocycles. The molecular formula is C9H18F3I2O5-. The quantitative estimate of drug-likeness (QED) is 0.536. The van der Waals surface area contributed by atoms with E-state index in [2.05, 4.69) is 37.2 Å². The lowest BCUT2D eigenvalue weighted by molar-refractivity contribution is -0.138. The van der Waals surface area contributed by atoms with Crippen LogP contribution in [-0.2, 0) is 14.4 Å². The van der Waals surface area contributed by atoms with Gasteiger partial charge in [0.15, 0.2) is 12.5 Å². The zero-order valence-corrected chi connectivity index (χ0v) is 13.9. The van der Waals surface area contributed by atoms with Crippen molar-refractivity contribution in [2.45, 2.75) is 27.7 Å². The maximum atomic E-state index is 10.8. The third kappa shape index (κ3) is 131. The molecule has 0 aromatic heterocycles. The molecule has 5 nitrogen and oxygen atoms in total. The molecule has 120 valence electrons. The van der Waals surface area contributed by atoms with Crippen LogP contribution in [0.2, 0.25) is 0 Å². The summed E-state index contributed by atoms with van der Waals surface area (Å²) in [6.07, 6.45) is 0.222. The summed E-state index contributed by atoms with van der Waals surface area (Å²) in [5.74, 6) is -2.57. The number of hydrogen-bond donors (Lipinski definition) is 2. The fourth-order valence-electron chi connectivity index (χ4n) is 0. The second kappa shape index (κ2) is 36.1. The van der Waals surface area contributed by atoms with Gasteiger partial charge in [-0.2, -0.15) is 0 Å². The molecule has 0 aliphatic carbocycles. The standard InChI is InChI=1S/C3H5FO.C3H6O2.C2H3FO2.CH4.FH.I2/c1-3(5)2-4;1-2-3(4)5;3-1-2(4)5;;;1-2/h2H2,1H3;2H2,1H3,(H,4,5);1H2,(H,4,5);1H4;1H;/p-1/i4-1;;3-1;;1-1;. The summed E-state index contributed by atoms with van der Waals surface area (Å²) in [4.78, 5) is 27.8. The number of carboxylic acid groups (broad SMARTS) is 2. The Morgan fingerprint density at radius 2 is 1.16 bits per heavy atom. The Kier molecular flexibility index (Phi) is 69.1. The monoisotopic (exact) mass is 514 g/mol. The van der Waals surface area contributed by atoms with E-state index in [-0.39, 0.29) is 18.6 Å². The molecule has 0 unspecified atom stereocenters. The molecule has 0 aliphatic heterocycles. The Morgan fingerprint density at radius 3 is 1.16 bits per heavy atom. The number of halogens is 5. The Bertz CT molecular complexity index is 173. The van der Waals surface area contributed by atoms with Gasteiger partial charge in [-0.15, -0.1) is 0 Å². The first kappa shape index (κ1) is 36.4. The van der Waals surface area contributed by atoms with Crippen LogP contribution < -0.4 is 4.70 Å². The molecule has 0 rings (SSSR count). The van der Waals surface area contributed by atoms with Gasteiger partial charge < -0.3 is 14.9 Å². The van der Waals surface area contributed by atoms with Crippen molar-refractivity contribution in [1.82, 2.24) is 0 Å². The van der Waals surface area contributed by atoms with Crippen molar-refractivity contribution in [3.8, 4) is 0 Å². The maximum absolute atomic E-state index is 10.8. The van der Waals surface area contributed by atoms with Gasteiger partial charge in [-0.05, 0) is 6.92 Å². The van der Waals surface area contributed by atoms with Crippen LogP contribution in [0.1, 0.15) is 27.7 Å². The van der Waals surface area contributed by atoms with Gasteiger partial charge in [0.25, 0.3) is 0 Å². The molecule has 0 amide bonds. The number of hydrogen-bond acceptors (Lipinski definition) is 3. The highest BCUT2D eigenvalue weighted by atomic mass is 128. The first-order valence-corrected chi connectivity index (χ1v) is 10.3. The summed E-state index contributed by atoms with van der Waals surface area (Å²) in [7, 11) is 0. The molecule has 0 heterocycles. The molecule has 2 N–H and O–H groups in total. The third-order valence-electron chi connectivity index (χ3n) is 0.605. The fourth-order valence-corrected chi connectivity index (χ4v) is 0. The van der Waals surface area contributed by atoms with E-state index in [1.54, 1.807) is 6.92 Å². The Hall–Kier alpha value is -0.140. The molecule has 0 radical (unpaired) electrons. The average molecular weight is 514 g/mol. The van der Waals surface area contributed by atoms with E-state index in [4.69, 9.17) is 15.0 Å². The predicted molar refractivity (Wildman–Crippen MR) is 83.0 cm³/mol. The number of aliphatic carboxylic acids is 2. The lowest BCUT2D eigenvalue weighted by Crippen LogP contribution is -3.00. The maximum Gasteiger partial charge on any atom is 0.335 e. The van der Waals surface area contributed by atoms with Crippen LogP contribution in [0.5, 0.6) is 0 Å². The normalized spacial score (nSPS) is 6.21. The highest BCUT2D eigenvalue weighted by molar-refractivity contribution is 15.0. The van der Waals surface area contributed by atoms with Crippen molar-refractivity contribution in [3.05, 3.63) is 0 Å². The number of carbonyl (C=O) groups is 3. The molecule has 0 atom stereocenters. The minimum Gasteiger partial charge on any atom is -1.00 e. The topological polar surface area (TPSA) is 91.7 Å². The van der Waals surface area contributed by atoms with E-state index in [0.29, 0.717) is 0 Å². The fraction of sp³-hybridized carbons (Fsp3) is 0.667. The summed E-state index contributed by atoms with van der Waals surface area (Å²) in [5.41, 5.74) is 0. The predicted octanol–water partition coefficient (Wildman–Crippen LogP) is 0.478. The summed E-state index contributed by atoms with van der Waals surface area (Å²) in [5, 5.41) is 15.1. The van der Waals surface area contributed by atoms with E-state index in [1.165, 1.54) is 6.92 Å². The molecule has 19 heavy (non-hydrogen) atoms. The second-order valence-electron chi connectivity index (χ2n) is 2.11. The molecule has 0 spiro atoms. The Balaban J connectivity index is -0.0000000298. The van der Waals surface area contributed by atoms with Crippen LogP contribution in [0, 0.1) is 0 Å². The minimum absolute atomic E-state index is 0. The SMILES string of the molecule is C.CC(=O)C[18F].CCC(=O)O.II.O=C(O)C[18F].[18F-]. The molecule has 10 heteroatoms. The van der Waals surface area contributed by atoms with Crippen LogP contribution in [0.25, 0.3) is 0 Å². The van der Waals surface area contributed by atoms with Gasteiger partial charge in [0.1, 0.15) is 6.67 Å². The van der Waals surface area contributed by atoms with Gasteiger partial charge in [0.05, 0.1) is 0 Å². The summed E-state index contributed by atoms with van der Waals surface area (Å²) >= 11 is 4.24. The first-order chi connectivity index (χ1) is 7.81. The van der Waals surface area contributed by atoms with Gasteiger partial charge in [0, 0.05) is 43.7 Å². The van der Waals surface area contributed by atoms with E-state index < -0.39 is 31.1 Å². The number of Topliss-reactive ketones (excluding diaryl/α,β-unsaturated/α-hetero) is 1. The van der Waals surface area contributed by atoms with Crippen molar-refractivity contribution < 1.29 is 38.1 Å².